The van der Waals surface area contributed by atoms with Crippen LogP contribution in [0.3, 0.4) is 0 Å². The monoisotopic (exact) mass is 324 g/mol. The predicted molar refractivity (Wildman–Crippen MR) is 78.0 cm³/mol. The number of hydrogen-bond donors (Lipinski definition) is 1. The molecule has 120 valence electrons. The summed E-state index contributed by atoms with van der Waals surface area (Å²) in [5, 5.41) is 3.16. The third-order valence-electron chi connectivity index (χ3n) is 3.57. The number of halogens is 4. The van der Waals surface area contributed by atoms with Crippen molar-refractivity contribution in [3.8, 4) is 5.75 Å². The number of nitrogens with zero attached hydrogens (tertiary/aromatic N) is 1. The molecule has 0 saturated carbocycles. The molecule has 1 fully saturated rings. The van der Waals surface area contributed by atoms with Crippen LogP contribution < -0.4 is 10.1 Å². The van der Waals surface area contributed by atoms with Gasteiger partial charge in [0.2, 0.25) is 6.43 Å². The first-order chi connectivity index (χ1) is 9.63. The molecule has 7 heteroatoms. The molecule has 0 unspecified atom stereocenters. The van der Waals surface area contributed by atoms with E-state index >= 15 is 0 Å². The van der Waals surface area contributed by atoms with Crippen LogP contribution in [0.4, 0.5) is 13.2 Å². The lowest BCUT2D eigenvalue weighted by Crippen LogP contribution is -2.45. The van der Waals surface area contributed by atoms with E-state index < -0.39 is 18.3 Å². The number of ether oxygens (including phenoxy) is 1. The number of methoxy groups -OCH3 is 1. The summed E-state index contributed by atoms with van der Waals surface area (Å²) < 4.78 is 44.9. The van der Waals surface area contributed by atoms with Crippen molar-refractivity contribution in [1.82, 2.24) is 10.2 Å². The normalized spacial score (nSPS) is 17.4. The van der Waals surface area contributed by atoms with Gasteiger partial charge in [-0.2, -0.15) is 0 Å². The maximum Gasteiger partial charge on any atom is 0.240 e. The van der Waals surface area contributed by atoms with E-state index in [1.54, 1.807) is 12.1 Å². The zero-order chi connectivity index (χ0) is 14.5. The maximum atomic E-state index is 14.3. The Bertz CT molecular complexity index is 442. The molecule has 0 aromatic heterocycles. The van der Waals surface area contributed by atoms with Crippen LogP contribution in [0.25, 0.3) is 0 Å². The van der Waals surface area contributed by atoms with Gasteiger partial charge in [0.1, 0.15) is 0 Å². The molecule has 1 atom stereocenters. The van der Waals surface area contributed by atoms with E-state index in [-0.39, 0.29) is 30.1 Å². The van der Waals surface area contributed by atoms with Gasteiger partial charge in [0, 0.05) is 44.2 Å². The van der Waals surface area contributed by atoms with Gasteiger partial charge in [0.15, 0.2) is 11.6 Å². The van der Waals surface area contributed by atoms with E-state index in [0.717, 1.165) is 13.1 Å². The number of nitrogens with one attached hydrogen (secondary N) is 1. The molecular formula is C14H20ClF3N2O. The molecule has 1 aromatic rings. The smallest absolute Gasteiger partial charge is 0.240 e. The predicted octanol–water partition coefficient (Wildman–Crippen LogP) is 2.86. The van der Waals surface area contributed by atoms with Crippen molar-refractivity contribution in [1.29, 1.82) is 0 Å². The summed E-state index contributed by atoms with van der Waals surface area (Å²) in [6.07, 6.45) is -2.84. The fourth-order valence-corrected chi connectivity index (χ4v) is 2.58. The molecular weight excluding hydrogens is 305 g/mol. The molecule has 0 radical (unpaired) electrons. The Kier molecular flexibility index (Phi) is 7.28. The van der Waals surface area contributed by atoms with Crippen molar-refractivity contribution in [2.75, 3.05) is 33.3 Å². The molecule has 1 aromatic carbocycles. The summed E-state index contributed by atoms with van der Waals surface area (Å²) >= 11 is 0. The fourth-order valence-electron chi connectivity index (χ4n) is 2.58. The summed E-state index contributed by atoms with van der Waals surface area (Å²) in [7, 11) is 1.37. The number of rotatable bonds is 5. The minimum Gasteiger partial charge on any atom is -0.494 e. The van der Waals surface area contributed by atoms with Crippen LogP contribution in [0.15, 0.2) is 18.2 Å². The van der Waals surface area contributed by atoms with Gasteiger partial charge in [-0.05, 0) is 6.07 Å². The standard InChI is InChI=1S/C14H19F3N2O.ClH/c1-20-12-4-2-3-10(14(12)17)11(9-13(15)16)19-7-5-18-6-8-19;/h2-4,11,13,18H,5-9H2,1H3;1H/t11-;/m1./s1. The Morgan fingerprint density at radius 1 is 1.29 bits per heavy atom. The highest BCUT2D eigenvalue weighted by atomic mass is 35.5. The van der Waals surface area contributed by atoms with Crippen molar-refractivity contribution < 1.29 is 17.9 Å². The number of alkyl halides is 2. The van der Waals surface area contributed by atoms with Crippen molar-refractivity contribution >= 4 is 12.4 Å². The van der Waals surface area contributed by atoms with Gasteiger partial charge in [0.25, 0.3) is 0 Å². The second-order valence-electron chi connectivity index (χ2n) is 4.79. The number of benzene rings is 1. The lowest BCUT2D eigenvalue weighted by molar-refractivity contribution is 0.0723. The summed E-state index contributed by atoms with van der Waals surface area (Å²) in [6, 6.07) is 4.08. The Hall–Kier alpha value is -0.980. The van der Waals surface area contributed by atoms with Gasteiger partial charge in [-0.25, -0.2) is 13.2 Å². The number of hydrogen-bond acceptors (Lipinski definition) is 3. The molecule has 0 aliphatic carbocycles. The van der Waals surface area contributed by atoms with E-state index in [9.17, 15) is 13.2 Å². The zero-order valence-electron chi connectivity index (χ0n) is 11.8. The molecule has 1 N–H and O–H groups in total. The molecule has 0 amide bonds. The van der Waals surface area contributed by atoms with Crippen LogP contribution in [-0.2, 0) is 0 Å². The van der Waals surface area contributed by atoms with Crippen molar-refractivity contribution in [3.05, 3.63) is 29.6 Å². The van der Waals surface area contributed by atoms with Gasteiger partial charge in [-0.1, -0.05) is 12.1 Å². The van der Waals surface area contributed by atoms with E-state index in [1.807, 2.05) is 4.90 Å². The van der Waals surface area contributed by atoms with E-state index in [4.69, 9.17) is 4.74 Å². The largest absolute Gasteiger partial charge is 0.494 e. The van der Waals surface area contributed by atoms with Crippen LogP contribution in [-0.4, -0.2) is 44.6 Å². The Morgan fingerprint density at radius 3 is 2.52 bits per heavy atom. The van der Waals surface area contributed by atoms with Crippen LogP contribution in [0.2, 0.25) is 0 Å². The average molecular weight is 325 g/mol. The highest BCUT2D eigenvalue weighted by Crippen LogP contribution is 2.32. The zero-order valence-corrected chi connectivity index (χ0v) is 12.6. The first kappa shape index (κ1) is 18.1. The van der Waals surface area contributed by atoms with E-state index in [1.165, 1.54) is 13.2 Å². The first-order valence-corrected chi connectivity index (χ1v) is 6.68. The molecule has 1 aliphatic heterocycles. The Morgan fingerprint density at radius 2 is 1.95 bits per heavy atom. The summed E-state index contributed by atoms with van der Waals surface area (Å²) in [6.45, 7) is 2.72. The molecule has 1 saturated heterocycles. The lowest BCUT2D eigenvalue weighted by atomic mass is 10.00. The molecule has 1 aliphatic rings. The molecule has 1 heterocycles. The fraction of sp³-hybridized carbons (Fsp3) is 0.571. The second-order valence-corrected chi connectivity index (χ2v) is 4.79. The summed E-state index contributed by atoms with van der Waals surface area (Å²) in [4.78, 5) is 1.90. The minimum atomic E-state index is -2.47. The van der Waals surface area contributed by atoms with Gasteiger partial charge < -0.3 is 10.1 Å². The van der Waals surface area contributed by atoms with Crippen molar-refractivity contribution in [2.45, 2.75) is 18.9 Å². The lowest BCUT2D eigenvalue weighted by Gasteiger charge is -2.35. The molecule has 2 rings (SSSR count). The third kappa shape index (κ3) is 4.49. The van der Waals surface area contributed by atoms with E-state index in [0.29, 0.717) is 13.1 Å². The van der Waals surface area contributed by atoms with Crippen LogP contribution in [0, 0.1) is 5.82 Å². The average Bonchev–Trinajstić information content (AvgIpc) is 2.46. The van der Waals surface area contributed by atoms with Gasteiger partial charge in [-0.3, -0.25) is 4.90 Å². The SMILES string of the molecule is COc1cccc([C@@H](CC(F)F)N2CCNCC2)c1F.Cl. The Balaban J connectivity index is 0.00000220. The highest BCUT2D eigenvalue weighted by Gasteiger charge is 2.28. The minimum absolute atomic E-state index is 0. The van der Waals surface area contributed by atoms with Gasteiger partial charge in [-0.15, -0.1) is 12.4 Å². The summed E-state index contributed by atoms with van der Waals surface area (Å²) in [5.74, 6) is -0.448. The van der Waals surface area contributed by atoms with Crippen molar-refractivity contribution in [3.63, 3.8) is 0 Å². The molecule has 0 bridgehead atoms. The first-order valence-electron chi connectivity index (χ1n) is 6.68. The molecule has 3 nitrogen and oxygen atoms in total. The quantitative estimate of drug-likeness (QED) is 0.901. The van der Waals surface area contributed by atoms with Crippen LogP contribution in [0.1, 0.15) is 18.0 Å². The maximum absolute atomic E-state index is 14.3. The summed E-state index contributed by atoms with van der Waals surface area (Å²) in [5.41, 5.74) is 0.284. The van der Waals surface area contributed by atoms with E-state index in [2.05, 4.69) is 5.32 Å². The van der Waals surface area contributed by atoms with Crippen molar-refractivity contribution in [2.24, 2.45) is 0 Å². The molecule has 21 heavy (non-hydrogen) atoms. The molecule has 0 spiro atoms. The topological polar surface area (TPSA) is 24.5 Å². The van der Waals surface area contributed by atoms with Gasteiger partial charge >= 0.3 is 0 Å². The Labute approximate surface area is 128 Å². The van der Waals surface area contributed by atoms with Gasteiger partial charge in [0.05, 0.1) is 7.11 Å². The van der Waals surface area contributed by atoms with Crippen LogP contribution >= 0.6 is 12.4 Å². The number of piperazine rings is 1. The highest BCUT2D eigenvalue weighted by molar-refractivity contribution is 5.85. The third-order valence-corrected chi connectivity index (χ3v) is 3.57. The van der Waals surface area contributed by atoms with Crippen LogP contribution in [0.5, 0.6) is 5.75 Å². The second kappa shape index (κ2) is 8.46.